The van der Waals surface area contributed by atoms with E-state index in [1.54, 1.807) is 14.2 Å². The third kappa shape index (κ3) is 4.23. The molecule has 28 heavy (non-hydrogen) atoms. The van der Waals surface area contributed by atoms with Crippen LogP contribution in [0.3, 0.4) is 0 Å². The van der Waals surface area contributed by atoms with Crippen LogP contribution in [-0.4, -0.2) is 32.7 Å². The molecule has 1 saturated heterocycles. The SMILES string of the molecule is COc1ccc(OC)c([C@H]2CCC[NH+]2[C@H](C)C(=O)Nc2ccc(F)cc2Cl)c1. The van der Waals surface area contributed by atoms with E-state index >= 15 is 0 Å². The van der Waals surface area contributed by atoms with Crippen LogP contribution in [-0.2, 0) is 4.79 Å². The van der Waals surface area contributed by atoms with Gasteiger partial charge in [0.1, 0.15) is 23.4 Å². The van der Waals surface area contributed by atoms with Crippen LogP contribution in [0.1, 0.15) is 31.4 Å². The summed E-state index contributed by atoms with van der Waals surface area (Å²) in [5, 5.41) is 3.01. The zero-order valence-corrected chi connectivity index (χ0v) is 17.0. The molecule has 0 radical (unpaired) electrons. The van der Waals surface area contributed by atoms with E-state index in [-0.39, 0.29) is 23.0 Å². The van der Waals surface area contributed by atoms with E-state index in [2.05, 4.69) is 5.32 Å². The number of amides is 1. The molecule has 0 aromatic heterocycles. The lowest BCUT2D eigenvalue weighted by molar-refractivity contribution is -0.932. The molecule has 0 aliphatic carbocycles. The molecule has 3 rings (SSSR count). The molecule has 2 N–H and O–H groups in total. The minimum atomic E-state index is -0.439. The largest absolute Gasteiger partial charge is 0.497 e. The summed E-state index contributed by atoms with van der Waals surface area (Å²) in [4.78, 5) is 14.0. The Morgan fingerprint density at radius 2 is 2.04 bits per heavy atom. The number of ether oxygens (including phenoxy) is 2. The highest BCUT2D eigenvalue weighted by molar-refractivity contribution is 6.33. The number of nitrogens with one attached hydrogen (secondary N) is 2. The van der Waals surface area contributed by atoms with Crippen molar-refractivity contribution in [3.8, 4) is 11.5 Å². The molecular formula is C21H25ClFN2O3+. The topological polar surface area (TPSA) is 52.0 Å². The molecule has 0 spiro atoms. The van der Waals surface area contributed by atoms with Crippen LogP contribution in [0.2, 0.25) is 5.02 Å². The van der Waals surface area contributed by atoms with Crippen molar-refractivity contribution in [2.24, 2.45) is 0 Å². The number of anilines is 1. The molecule has 3 atom stereocenters. The van der Waals surface area contributed by atoms with Gasteiger partial charge in [-0.1, -0.05) is 11.6 Å². The van der Waals surface area contributed by atoms with Crippen LogP contribution in [0.15, 0.2) is 36.4 Å². The second-order valence-electron chi connectivity index (χ2n) is 6.96. The molecule has 2 aromatic rings. The molecule has 0 bridgehead atoms. The third-order valence-corrected chi connectivity index (χ3v) is 5.67. The summed E-state index contributed by atoms with van der Waals surface area (Å²) < 4.78 is 24.2. The molecule has 1 fully saturated rings. The number of halogens is 2. The Bertz CT molecular complexity index is 862. The molecule has 1 amide bonds. The van der Waals surface area contributed by atoms with Gasteiger partial charge >= 0.3 is 0 Å². The standard InChI is InChI=1S/C21H24ClFN2O3/c1-13(21(26)24-18-8-6-14(23)11-17(18)22)25-10-4-5-19(25)16-12-15(27-2)7-9-20(16)28-3/h6-9,11-13,19H,4-5,10H2,1-3H3,(H,24,26)/p+1/t13-,19-/m1/s1. The summed E-state index contributed by atoms with van der Waals surface area (Å²) in [7, 11) is 3.28. The maximum Gasteiger partial charge on any atom is 0.282 e. The fourth-order valence-electron chi connectivity index (χ4n) is 3.86. The Balaban J connectivity index is 1.81. The highest BCUT2D eigenvalue weighted by Gasteiger charge is 2.38. The van der Waals surface area contributed by atoms with Gasteiger partial charge in [-0.2, -0.15) is 0 Å². The maximum atomic E-state index is 13.2. The molecule has 0 saturated carbocycles. The van der Waals surface area contributed by atoms with Crippen LogP contribution in [0.4, 0.5) is 10.1 Å². The number of methoxy groups -OCH3 is 2. The van der Waals surface area contributed by atoms with Crippen LogP contribution in [0.25, 0.3) is 0 Å². The van der Waals surface area contributed by atoms with Crippen LogP contribution >= 0.6 is 11.6 Å². The van der Waals surface area contributed by atoms with E-state index < -0.39 is 5.82 Å². The molecule has 1 aliphatic heterocycles. The van der Waals surface area contributed by atoms with Crippen molar-refractivity contribution in [3.63, 3.8) is 0 Å². The van der Waals surface area contributed by atoms with Gasteiger partial charge in [0.25, 0.3) is 5.91 Å². The molecule has 5 nitrogen and oxygen atoms in total. The molecule has 1 unspecified atom stereocenters. The van der Waals surface area contributed by atoms with Crippen molar-refractivity contribution >= 4 is 23.2 Å². The van der Waals surface area contributed by atoms with Crippen molar-refractivity contribution in [2.75, 3.05) is 26.1 Å². The van der Waals surface area contributed by atoms with E-state index in [1.807, 2.05) is 25.1 Å². The number of carbonyl (C=O) groups is 1. The predicted octanol–water partition coefficient (Wildman–Crippen LogP) is 3.24. The maximum absolute atomic E-state index is 13.2. The first kappa shape index (κ1) is 20.4. The highest BCUT2D eigenvalue weighted by atomic mass is 35.5. The third-order valence-electron chi connectivity index (χ3n) is 5.36. The van der Waals surface area contributed by atoms with Crippen LogP contribution in [0, 0.1) is 5.82 Å². The minimum Gasteiger partial charge on any atom is -0.497 e. The normalized spacial score (nSPS) is 19.9. The lowest BCUT2D eigenvalue weighted by Crippen LogP contribution is -3.15. The average Bonchev–Trinajstić information content (AvgIpc) is 3.18. The second-order valence-corrected chi connectivity index (χ2v) is 7.37. The highest BCUT2D eigenvalue weighted by Crippen LogP contribution is 2.32. The van der Waals surface area contributed by atoms with Gasteiger partial charge in [0, 0.05) is 12.8 Å². The average molecular weight is 408 g/mol. The van der Waals surface area contributed by atoms with E-state index in [0.717, 1.165) is 41.3 Å². The molecule has 1 heterocycles. The van der Waals surface area contributed by atoms with Gasteiger partial charge in [-0.3, -0.25) is 4.79 Å². The van der Waals surface area contributed by atoms with E-state index in [4.69, 9.17) is 21.1 Å². The Labute approximate surface area is 169 Å². The molecular weight excluding hydrogens is 383 g/mol. The zero-order chi connectivity index (χ0) is 20.3. The Morgan fingerprint density at radius 3 is 2.71 bits per heavy atom. The first-order valence-electron chi connectivity index (χ1n) is 9.28. The number of hydrogen-bond acceptors (Lipinski definition) is 3. The van der Waals surface area contributed by atoms with Crippen molar-refractivity contribution in [2.45, 2.75) is 31.8 Å². The summed E-state index contributed by atoms with van der Waals surface area (Å²) in [5.74, 6) is 0.959. The van der Waals surface area contributed by atoms with Crippen LogP contribution < -0.4 is 19.7 Å². The molecule has 7 heteroatoms. The summed E-state index contributed by atoms with van der Waals surface area (Å²) in [6, 6.07) is 9.49. The monoisotopic (exact) mass is 407 g/mol. The molecule has 1 aliphatic rings. The van der Waals surface area contributed by atoms with Crippen molar-refractivity contribution in [1.29, 1.82) is 0 Å². The Hall–Kier alpha value is -2.31. The van der Waals surface area contributed by atoms with E-state index in [1.165, 1.54) is 18.2 Å². The smallest absolute Gasteiger partial charge is 0.282 e. The number of hydrogen-bond donors (Lipinski definition) is 2. The summed E-state index contributed by atoms with van der Waals surface area (Å²) in [6.45, 7) is 2.77. The molecule has 2 aromatic carbocycles. The van der Waals surface area contributed by atoms with E-state index in [9.17, 15) is 9.18 Å². The number of quaternary nitrogens is 1. The first-order chi connectivity index (χ1) is 13.4. The van der Waals surface area contributed by atoms with Gasteiger partial charge < -0.3 is 19.7 Å². The zero-order valence-electron chi connectivity index (χ0n) is 16.2. The van der Waals surface area contributed by atoms with Gasteiger partial charge in [-0.05, 0) is 43.3 Å². The van der Waals surface area contributed by atoms with Gasteiger partial charge in [0.15, 0.2) is 6.04 Å². The summed E-state index contributed by atoms with van der Waals surface area (Å²) >= 11 is 6.04. The fraction of sp³-hybridized carbons (Fsp3) is 0.381. The predicted molar refractivity (Wildman–Crippen MR) is 107 cm³/mol. The number of likely N-dealkylation sites (tertiary alicyclic amines) is 1. The van der Waals surface area contributed by atoms with Gasteiger partial charge in [0.2, 0.25) is 0 Å². The minimum absolute atomic E-state index is 0.120. The van der Waals surface area contributed by atoms with E-state index in [0.29, 0.717) is 5.69 Å². The summed E-state index contributed by atoms with van der Waals surface area (Å²) in [5.41, 5.74) is 1.45. The fourth-order valence-corrected chi connectivity index (χ4v) is 4.07. The van der Waals surface area contributed by atoms with Crippen molar-refractivity contribution in [1.82, 2.24) is 0 Å². The quantitative estimate of drug-likeness (QED) is 0.773. The number of carbonyl (C=O) groups excluding carboxylic acids is 1. The van der Waals surface area contributed by atoms with Crippen molar-refractivity contribution in [3.05, 3.63) is 52.8 Å². The lowest BCUT2D eigenvalue weighted by Gasteiger charge is -2.28. The Morgan fingerprint density at radius 1 is 1.25 bits per heavy atom. The van der Waals surface area contributed by atoms with Crippen LogP contribution in [0.5, 0.6) is 11.5 Å². The second kappa shape index (κ2) is 8.80. The number of benzene rings is 2. The lowest BCUT2D eigenvalue weighted by atomic mass is 10.0. The number of rotatable bonds is 6. The molecule has 150 valence electrons. The Kier molecular flexibility index (Phi) is 6.42. The van der Waals surface area contributed by atoms with Gasteiger partial charge in [0.05, 0.1) is 37.0 Å². The van der Waals surface area contributed by atoms with Gasteiger partial charge in [-0.15, -0.1) is 0 Å². The first-order valence-corrected chi connectivity index (χ1v) is 9.65. The van der Waals surface area contributed by atoms with Crippen molar-refractivity contribution < 1.29 is 23.6 Å². The summed E-state index contributed by atoms with van der Waals surface area (Å²) in [6.07, 6.45) is 1.96. The van der Waals surface area contributed by atoms with Gasteiger partial charge in [-0.25, -0.2) is 4.39 Å².